The summed E-state index contributed by atoms with van der Waals surface area (Å²) in [7, 11) is 0. The first kappa shape index (κ1) is 16.1. The summed E-state index contributed by atoms with van der Waals surface area (Å²) < 4.78 is 18.7. The molecule has 24 heavy (non-hydrogen) atoms. The van der Waals surface area contributed by atoms with Crippen molar-refractivity contribution in [2.45, 2.75) is 19.8 Å². The number of carbonyl (C=O) groups excluding carboxylic acids is 2. The SMILES string of the molecule is Cc1cc(F)ccc1-c1ccc(OCCN2C(=O)CCC2=O)cn1. The van der Waals surface area contributed by atoms with Crippen LogP contribution in [0.5, 0.6) is 5.75 Å². The third-order valence-corrected chi connectivity index (χ3v) is 3.94. The number of hydrogen-bond acceptors (Lipinski definition) is 4. The number of likely N-dealkylation sites (tertiary alicyclic amines) is 1. The van der Waals surface area contributed by atoms with Gasteiger partial charge in [0.1, 0.15) is 18.2 Å². The Morgan fingerprint density at radius 3 is 2.54 bits per heavy atom. The Kier molecular flexibility index (Phi) is 4.55. The van der Waals surface area contributed by atoms with Crippen LogP contribution in [0.4, 0.5) is 4.39 Å². The van der Waals surface area contributed by atoms with Crippen LogP contribution in [0, 0.1) is 12.7 Å². The Labute approximate surface area is 139 Å². The van der Waals surface area contributed by atoms with Gasteiger partial charge in [0, 0.05) is 18.4 Å². The average Bonchev–Trinajstić information content (AvgIpc) is 2.88. The molecule has 1 aliphatic rings. The first-order chi connectivity index (χ1) is 11.5. The molecule has 0 atom stereocenters. The van der Waals surface area contributed by atoms with Crippen LogP contribution in [0.15, 0.2) is 36.5 Å². The highest BCUT2D eigenvalue weighted by Gasteiger charge is 2.28. The largest absolute Gasteiger partial charge is 0.490 e. The van der Waals surface area contributed by atoms with E-state index in [-0.39, 0.29) is 43.6 Å². The molecular formula is C18H17FN2O3. The molecule has 1 aliphatic heterocycles. The maximum absolute atomic E-state index is 13.2. The summed E-state index contributed by atoms with van der Waals surface area (Å²) in [6, 6.07) is 8.11. The van der Waals surface area contributed by atoms with Gasteiger partial charge >= 0.3 is 0 Å². The number of hydrogen-bond donors (Lipinski definition) is 0. The summed E-state index contributed by atoms with van der Waals surface area (Å²) in [6.07, 6.45) is 2.14. The zero-order valence-corrected chi connectivity index (χ0v) is 13.3. The summed E-state index contributed by atoms with van der Waals surface area (Å²) in [6.45, 7) is 2.30. The van der Waals surface area contributed by atoms with E-state index < -0.39 is 0 Å². The smallest absolute Gasteiger partial charge is 0.229 e. The molecule has 5 nitrogen and oxygen atoms in total. The molecule has 0 bridgehead atoms. The number of aromatic nitrogens is 1. The minimum Gasteiger partial charge on any atom is -0.490 e. The first-order valence-corrected chi connectivity index (χ1v) is 7.73. The molecule has 2 heterocycles. The van der Waals surface area contributed by atoms with E-state index in [9.17, 15) is 14.0 Å². The Bertz CT molecular complexity index is 758. The minimum absolute atomic E-state index is 0.149. The van der Waals surface area contributed by atoms with Crippen molar-refractivity contribution in [1.82, 2.24) is 9.88 Å². The minimum atomic E-state index is -0.276. The third-order valence-electron chi connectivity index (χ3n) is 3.94. The van der Waals surface area contributed by atoms with Crippen molar-refractivity contribution in [1.29, 1.82) is 0 Å². The molecule has 0 spiro atoms. The molecule has 2 aromatic rings. The van der Waals surface area contributed by atoms with Gasteiger partial charge in [0.2, 0.25) is 11.8 Å². The summed E-state index contributed by atoms with van der Waals surface area (Å²) in [4.78, 5) is 28.5. The van der Waals surface area contributed by atoms with Crippen molar-refractivity contribution >= 4 is 11.8 Å². The number of halogens is 1. The number of carbonyl (C=O) groups is 2. The zero-order valence-electron chi connectivity index (χ0n) is 13.3. The lowest BCUT2D eigenvalue weighted by Crippen LogP contribution is -2.33. The maximum Gasteiger partial charge on any atom is 0.229 e. The highest BCUT2D eigenvalue weighted by atomic mass is 19.1. The monoisotopic (exact) mass is 328 g/mol. The van der Waals surface area contributed by atoms with Crippen molar-refractivity contribution in [2.75, 3.05) is 13.2 Å². The number of imide groups is 1. The van der Waals surface area contributed by atoms with E-state index in [0.717, 1.165) is 16.8 Å². The standard InChI is InChI=1S/C18H17FN2O3/c1-12-10-13(19)2-4-15(12)16-5-3-14(11-20-16)24-9-8-21-17(22)6-7-18(21)23/h2-5,10-11H,6-9H2,1H3. The maximum atomic E-state index is 13.2. The number of ether oxygens (including phenoxy) is 1. The molecule has 1 aromatic carbocycles. The second-order valence-electron chi connectivity index (χ2n) is 5.63. The molecule has 2 amide bonds. The Balaban J connectivity index is 1.60. The predicted octanol–water partition coefficient (Wildman–Crippen LogP) is 2.72. The fraction of sp³-hybridized carbons (Fsp3) is 0.278. The van der Waals surface area contributed by atoms with Crippen LogP contribution in [-0.4, -0.2) is 34.8 Å². The van der Waals surface area contributed by atoms with Crippen molar-refractivity contribution in [3.8, 4) is 17.0 Å². The van der Waals surface area contributed by atoms with Gasteiger partial charge in [0.15, 0.2) is 0 Å². The topological polar surface area (TPSA) is 59.5 Å². The van der Waals surface area contributed by atoms with Crippen LogP contribution < -0.4 is 4.74 Å². The van der Waals surface area contributed by atoms with Crippen molar-refractivity contribution in [2.24, 2.45) is 0 Å². The number of pyridine rings is 1. The van der Waals surface area contributed by atoms with Crippen LogP contribution in [0.1, 0.15) is 18.4 Å². The molecule has 0 saturated carbocycles. The van der Waals surface area contributed by atoms with Gasteiger partial charge in [0.05, 0.1) is 18.4 Å². The Hall–Kier alpha value is -2.76. The van der Waals surface area contributed by atoms with Crippen LogP contribution in [0.3, 0.4) is 0 Å². The molecule has 1 fully saturated rings. The average molecular weight is 328 g/mol. The number of benzene rings is 1. The predicted molar refractivity (Wildman–Crippen MR) is 85.8 cm³/mol. The van der Waals surface area contributed by atoms with Crippen molar-refractivity contribution < 1.29 is 18.7 Å². The summed E-state index contributed by atoms with van der Waals surface area (Å²) in [5, 5.41) is 0. The Morgan fingerprint density at radius 2 is 1.92 bits per heavy atom. The number of amides is 2. The Morgan fingerprint density at radius 1 is 1.17 bits per heavy atom. The van der Waals surface area contributed by atoms with E-state index in [1.165, 1.54) is 17.0 Å². The van der Waals surface area contributed by atoms with E-state index in [2.05, 4.69) is 4.98 Å². The second kappa shape index (κ2) is 6.78. The molecule has 0 N–H and O–H groups in total. The van der Waals surface area contributed by atoms with Crippen molar-refractivity contribution in [3.05, 3.63) is 47.9 Å². The molecule has 6 heteroatoms. The normalized spacial score (nSPS) is 14.3. The van der Waals surface area contributed by atoms with Gasteiger partial charge < -0.3 is 4.74 Å². The van der Waals surface area contributed by atoms with Gasteiger partial charge in [-0.15, -0.1) is 0 Å². The highest BCUT2D eigenvalue weighted by molar-refractivity contribution is 6.01. The molecule has 3 rings (SSSR count). The molecular weight excluding hydrogens is 311 g/mol. The summed E-state index contributed by atoms with van der Waals surface area (Å²) in [5.41, 5.74) is 2.39. The fourth-order valence-electron chi connectivity index (χ4n) is 2.67. The lowest BCUT2D eigenvalue weighted by molar-refractivity contribution is -0.138. The van der Waals surface area contributed by atoms with Gasteiger partial charge in [0.25, 0.3) is 0 Å². The number of aryl methyl sites for hydroxylation is 1. The van der Waals surface area contributed by atoms with Crippen LogP contribution in [0.2, 0.25) is 0 Å². The lowest BCUT2D eigenvalue weighted by Gasteiger charge is -2.14. The molecule has 1 saturated heterocycles. The molecule has 0 unspecified atom stereocenters. The summed E-state index contributed by atoms with van der Waals surface area (Å²) >= 11 is 0. The first-order valence-electron chi connectivity index (χ1n) is 7.73. The highest BCUT2D eigenvalue weighted by Crippen LogP contribution is 2.23. The third kappa shape index (κ3) is 3.42. The zero-order chi connectivity index (χ0) is 17.1. The second-order valence-corrected chi connectivity index (χ2v) is 5.63. The molecule has 0 radical (unpaired) electrons. The molecule has 0 aliphatic carbocycles. The van der Waals surface area contributed by atoms with Gasteiger partial charge in [-0.3, -0.25) is 19.5 Å². The summed E-state index contributed by atoms with van der Waals surface area (Å²) in [5.74, 6) is -0.0208. The quantitative estimate of drug-likeness (QED) is 0.792. The van der Waals surface area contributed by atoms with Gasteiger partial charge in [-0.1, -0.05) is 0 Å². The van der Waals surface area contributed by atoms with Crippen LogP contribution in [0.25, 0.3) is 11.3 Å². The van der Waals surface area contributed by atoms with E-state index in [4.69, 9.17) is 4.74 Å². The van der Waals surface area contributed by atoms with Gasteiger partial charge in [-0.25, -0.2) is 4.39 Å². The van der Waals surface area contributed by atoms with Gasteiger partial charge in [-0.05, 0) is 42.8 Å². The molecule has 1 aromatic heterocycles. The van der Waals surface area contributed by atoms with Crippen molar-refractivity contribution in [3.63, 3.8) is 0 Å². The van der Waals surface area contributed by atoms with Crippen LogP contribution >= 0.6 is 0 Å². The van der Waals surface area contributed by atoms with E-state index >= 15 is 0 Å². The fourth-order valence-corrected chi connectivity index (χ4v) is 2.67. The van der Waals surface area contributed by atoms with E-state index in [1.807, 2.05) is 6.92 Å². The van der Waals surface area contributed by atoms with E-state index in [1.54, 1.807) is 24.4 Å². The van der Waals surface area contributed by atoms with Crippen LogP contribution in [-0.2, 0) is 9.59 Å². The molecule has 124 valence electrons. The number of nitrogens with zero attached hydrogens (tertiary/aromatic N) is 2. The number of rotatable bonds is 5. The van der Waals surface area contributed by atoms with Gasteiger partial charge in [-0.2, -0.15) is 0 Å². The van der Waals surface area contributed by atoms with E-state index in [0.29, 0.717) is 5.75 Å². The lowest BCUT2D eigenvalue weighted by atomic mass is 10.1.